The van der Waals surface area contributed by atoms with E-state index in [-0.39, 0.29) is 16.9 Å². The van der Waals surface area contributed by atoms with Crippen LogP contribution in [-0.2, 0) is 6.42 Å². The number of nitrogens with one attached hydrogen (secondary N) is 1. The molecule has 0 aliphatic rings. The van der Waals surface area contributed by atoms with Crippen molar-refractivity contribution in [2.45, 2.75) is 13.3 Å². The number of benzene rings is 1. The highest BCUT2D eigenvalue weighted by Gasteiger charge is 2.16. The molecule has 7 nitrogen and oxygen atoms in total. The van der Waals surface area contributed by atoms with Crippen LogP contribution in [0.2, 0.25) is 0 Å². The number of hydrogen-bond acceptors (Lipinski definition) is 5. The molecule has 0 amide bonds. The van der Waals surface area contributed by atoms with Crippen molar-refractivity contribution in [1.29, 1.82) is 0 Å². The Hall–Kier alpha value is -2.83. The number of ketones is 1. The number of carbonyl (C=O) groups excluding carboxylic acids is 1. The van der Waals surface area contributed by atoms with Gasteiger partial charge in [-0.25, -0.2) is 0 Å². The smallest absolute Gasteiger partial charge is 0.269 e. The maximum atomic E-state index is 12.1. The molecule has 1 aromatic heterocycles. The average Bonchev–Trinajstić information content (AvgIpc) is 2.46. The molecule has 0 unspecified atom stereocenters. The highest BCUT2D eigenvalue weighted by atomic mass is 16.6. The Morgan fingerprint density at radius 2 is 2.00 bits per heavy atom. The Labute approximate surface area is 113 Å². The van der Waals surface area contributed by atoms with Crippen molar-refractivity contribution in [3.05, 3.63) is 67.6 Å². The number of nitro groups is 1. The normalized spacial score (nSPS) is 10.2. The molecule has 1 N–H and O–H groups in total. The van der Waals surface area contributed by atoms with Crippen LogP contribution in [-0.4, -0.2) is 20.9 Å². The second-order valence-electron chi connectivity index (χ2n) is 4.09. The predicted octanol–water partition coefficient (Wildman–Crippen LogP) is 1.47. The SMILES string of the molecule is CCc1cc(=O)c(C(=O)c2ccc([N+](=O)[O-])cc2)n[nH]1. The van der Waals surface area contributed by atoms with Crippen molar-refractivity contribution in [2.24, 2.45) is 0 Å². The molecule has 102 valence electrons. The summed E-state index contributed by atoms with van der Waals surface area (Å²) in [4.78, 5) is 33.8. The van der Waals surface area contributed by atoms with Gasteiger partial charge in [-0.3, -0.25) is 24.8 Å². The largest absolute Gasteiger partial charge is 0.287 e. The maximum Gasteiger partial charge on any atom is 0.269 e. The molecule has 0 aliphatic heterocycles. The van der Waals surface area contributed by atoms with Gasteiger partial charge in [0.2, 0.25) is 11.2 Å². The summed E-state index contributed by atoms with van der Waals surface area (Å²) in [6, 6.07) is 6.35. The van der Waals surface area contributed by atoms with Crippen LogP contribution >= 0.6 is 0 Å². The van der Waals surface area contributed by atoms with Gasteiger partial charge in [0.05, 0.1) is 4.92 Å². The molecule has 1 aromatic carbocycles. The zero-order valence-corrected chi connectivity index (χ0v) is 10.6. The number of non-ortho nitro benzene ring substituents is 1. The monoisotopic (exact) mass is 273 g/mol. The molecule has 7 heteroatoms. The summed E-state index contributed by atoms with van der Waals surface area (Å²) in [7, 11) is 0. The van der Waals surface area contributed by atoms with Gasteiger partial charge in [0.15, 0.2) is 5.69 Å². The van der Waals surface area contributed by atoms with Gasteiger partial charge < -0.3 is 0 Å². The summed E-state index contributed by atoms with van der Waals surface area (Å²) in [6.07, 6.45) is 0.605. The van der Waals surface area contributed by atoms with E-state index in [0.717, 1.165) is 0 Å². The van der Waals surface area contributed by atoms with E-state index in [0.29, 0.717) is 12.1 Å². The van der Waals surface area contributed by atoms with Crippen LogP contribution in [0.15, 0.2) is 35.1 Å². The number of H-pyrrole nitrogens is 1. The minimum absolute atomic E-state index is 0.121. The predicted molar refractivity (Wildman–Crippen MR) is 70.8 cm³/mol. The molecule has 1 heterocycles. The van der Waals surface area contributed by atoms with Crippen molar-refractivity contribution >= 4 is 11.5 Å². The first kappa shape index (κ1) is 13.6. The van der Waals surface area contributed by atoms with E-state index in [4.69, 9.17) is 0 Å². The quantitative estimate of drug-likeness (QED) is 0.515. The minimum Gasteiger partial charge on any atom is -0.287 e. The zero-order chi connectivity index (χ0) is 14.7. The molecule has 0 spiro atoms. The van der Waals surface area contributed by atoms with Crippen molar-refractivity contribution in [1.82, 2.24) is 10.2 Å². The molecule has 2 aromatic rings. The summed E-state index contributed by atoms with van der Waals surface area (Å²) in [5, 5.41) is 16.9. The van der Waals surface area contributed by atoms with Crippen molar-refractivity contribution in [3.63, 3.8) is 0 Å². The number of hydrogen-bond donors (Lipinski definition) is 1. The molecular weight excluding hydrogens is 262 g/mol. The van der Waals surface area contributed by atoms with E-state index in [1.165, 1.54) is 30.3 Å². The first-order chi connectivity index (χ1) is 9.52. The number of nitrogens with zero attached hydrogens (tertiary/aromatic N) is 2. The van der Waals surface area contributed by atoms with E-state index in [1.807, 2.05) is 6.92 Å². The van der Waals surface area contributed by atoms with Gasteiger partial charge >= 0.3 is 0 Å². The zero-order valence-electron chi connectivity index (χ0n) is 10.6. The van der Waals surface area contributed by atoms with Crippen LogP contribution in [0, 0.1) is 10.1 Å². The Balaban J connectivity index is 2.36. The number of nitro benzene ring substituents is 1. The molecule has 0 saturated carbocycles. The molecule has 20 heavy (non-hydrogen) atoms. The van der Waals surface area contributed by atoms with Crippen LogP contribution in [0.4, 0.5) is 5.69 Å². The third-order valence-corrected chi connectivity index (χ3v) is 2.79. The fourth-order valence-corrected chi connectivity index (χ4v) is 1.66. The highest BCUT2D eigenvalue weighted by molar-refractivity contribution is 6.07. The van der Waals surface area contributed by atoms with E-state index in [1.54, 1.807) is 0 Å². The second kappa shape index (κ2) is 5.43. The highest BCUT2D eigenvalue weighted by Crippen LogP contribution is 2.13. The van der Waals surface area contributed by atoms with Gasteiger partial charge in [-0.15, -0.1) is 0 Å². The van der Waals surface area contributed by atoms with Gasteiger partial charge in [0.25, 0.3) is 5.69 Å². The van der Waals surface area contributed by atoms with E-state index in [9.17, 15) is 19.7 Å². The van der Waals surface area contributed by atoms with Gasteiger partial charge in [-0.2, -0.15) is 5.10 Å². The summed E-state index contributed by atoms with van der Waals surface area (Å²) >= 11 is 0. The lowest BCUT2D eigenvalue weighted by Gasteiger charge is -2.01. The topological polar surface area (TPSA) is 106 Å². The lowest BCUT2D eigenvalue weighted by atomic mass is 10.1. The van der Waals surface area contributed by atoms with Crippen LogP contribution in [0.1, 0.15) is 28.7 Å². The van der Waals surface area contributed by atoms with E-state index in [2.05, 4.69) is 10.2 Å². The number of carbonyl (C=O) groups is 1. The molecule has 0 atom stereocenters. The van der Waals surface area contributed by atoms with Crippen molar-refractivity contribution in [3.8, 4) is 0 Å². The van der Waals surface area contributed by atoms with E-state index < -0.39 is 16.1 Å². The average molecular weight is 273 g/mol. The number of aromatic amines is 1. The Morgan fingerprint density at radius 1 is 1.35 bits per heavy atom. The third kappa shape index (κ3) is 2.61. The Kier molecular flexibility index (Phi) is 3.69. The lowest BCUT2D eigenvalue weighted by molar-refractivity contribution is -0.384. The van der Waals surface area contributed by atoms with Gasteiger partial charge in [0, 0.05) is 29.5 Å². The van der Waals surface area contributed by atoms with Gasteiger partial charge in [-0.1, -0.05) is 6.92 Å². The molecule has 0 fully saturated rings. The third-order valence-electron chi connectivity index (χ3n) is 2.79. The van der Waals surface area contributed by atoms with Crippen LogP contribution in [0.3, 0.4) is 0 Å². The molecule has 0 saturated heterocycles. The Morgan fingerprint density at radius 3 is 2.50 bits per heavy atom. The first-order valence-electron chi connectivity index (χ1n) is 5.90. The molecule has 0 bridgehead atoms. The molecule has 0 radical (unpaired) electrons. The maximum absolute atomic E-state index is 12.1. The fourth-order valence-electron chi connectivity index (χ4n) is 1.66. The van der Waals surface area contributed by atoms with Gasteiger partial charge in [-0.05, 0) is 18.6 Å². The van der Waals surface area contributed by atoms with Gasteiger partial charge in [0.1, 0.15) is 0 Å². The molecule has 0 aliphatic carbocycles. The number of rotatable bonds is 4. The van der Waals surface area contributed by atoms with E-state index >= 15 is 0 Å². The number of aryl methyl sites for hydroxylation is 1. The summed E-state index contributed by atoms with van der Waals surface area (Å²) in [5.41, 5.74) is -0.00199. The second-order valence-corrected chi connectivity index (χ2v) is 4.09. The van der Waals surface area contributed by atoms with Crippen molar-refractivity contribution in [2.75, 3.05) is 0 Å². The van der Waals surface area contributed by atoms with Crippen LogP contribution < -0.4 is 5.43 Å². The van der Waals surface area contributed by atoms with Crippen LogP contribution in [0.25, 0.3) is 0 Å². The number of aromatic nitrogens is 2. The summed E-state index contributed by atoms with van der Waals surface area (Å²) < 4.78 is 0. The Bertz CT molecular complexity index is 719. The lowest BCUT2D eigenvalue weighted by Crippen LogP contribution is -2.19. The summed E-state index contributed by atoms with van der Waals surface area (Å²) in [6.45, 7) is 1.85. The van der Waals surface area contributed by atoms with Crippen LogP contribution in [0.5, 0.6) is 0 Å². The van der Waals surface area contributed by atoms with Crippen molar-refractivity contribution < 1.29 is 9.72 Å². The fraction of sp³-hybridized carbons (Fsp3) is 0.154. The standard InChI is InChI=1S/C13H11N3O4/c1-2-9-7-11(17)12(15-14-9)13(18)8-3-5-10(6-4-8)16(19)20/h3-7H,2H2,1H3,(H,14,17). The first-order valence-corrected chi connectivity index (χ1v) is 5.90. The molecule has 2 rings (SSSR count). The minimum atomic E-state index is -0.566. The molecular formula is C13H11N3O4. The summed E-state index contributed by atoms with van der Waals surface area (Å²) in [5.74, 6) is -0.566.